The lowest BCUT2D eigenvalue weighted by Gasteiger charge is -2.17. The molecule has 0 aromatic heterocycles. The van der Waals surface area contributed by atoms with Gasteiger partial charge in [0.25, 0.3) is 0 Å². The molecule has 0 spiro atoms. The van der Waals surface area contributed by atoms with Crippen molar-refractivity contribution < 1.29 is 13.2 Å². The van der Waals surface area contributed by atoms with Crippen molar-refractivity contribution in [1.29, 1.82) is 0 Å². The first-order valence-electron chi connectivity index (χ1n) is 7.51. The zero-order chi connectivity index (χ0) is 16.7. The first-order chi connectivity index (χ1) is 10.9. The molecule has 1 N–H and O–H groups in total. The van der Waals surface area contributed by atoms with E-state index in [1.165, 1.54) is 0 Å². The van der Waals surface area contributed by atoms with E-state index in [-0.39, 0.29) is 12.3 Å². The molecule has 2 aromatic carbocycles. The highest BCUT2D eigenvalue weighted by Gasteiger charge is 2.17. The van der Waals surface area contributed by atoms with Crippen molar-refractivity contribution >= 4 is 15.9 Å². The summed E-state index contributed by atoms with van der Waals surface area (Å²) in [6, 6.07) is 19.8. The third kappa shape index (κ3) is 6.65. The fourth-order valence-electron chi connectivity index (χ4n) is 2.62. The molecule has 0 aliphatic heterocycles. The van der Waals surface area contributed by atoms with Gasteiger partial charge < -0.3 is 0 Å². The average Bonchev–Trinajstić information content (AvgIpc) is 2.47. The molecule has 0 saturated carbocycles. The SMILES string of the molecule is CS(=O)(=O)NC(=O)CC(Cc1ccccc1)Cc1ccccc1. The predicted molar refractivity (Wildman–Crippen MR) is 91.4 cm³/mol. The van der Waals surface area contributed by atoms with Gasteiger partial charge in [-0.05, 0) is 29.9 Å². The van der Waals surface area contributed by atoms with E-state index >= 15 is 0 Å². The Balaban J connectivity index is 2.09. The summed E-state index contributed by atoms with van der Waals surface area (Å²) in [5.41, 5.74) is 2.28. The Bertz CT molecular complexity index is 686. The maximum atomic E-state index is 12.0. The Hall–Kier alpha value is -2.14. The van der Waals surface area contributed by atoms with Gasteiger partial charge in [0.05, 0.1) is 6.26 Å². The summed E-state index contributed by atoms with van der Waals surface area (Å²) >= 11 is 0. The lowest BCUT2D eigenvalue weighted by atomic mass is 9.90. The summed E-state index contributed by atoms with van der Waals surface area (Å²) in [7, 11) is -3.51. The third-order valence-electron chi connectivity index (χ3n) is 3.51. The highest BCUT2D eigenvalue weighted by Crippen LogP contribution is 2.18. The topological polar surface area (TPSA) is 63.2 Å². The number of rotatable bonds is 7. The summed E-state index contributed by atoms with van der Waals surface area (Å²) in [4.78, 5) is 12.0. The van der Waals surface area contributed by atoms with Crippen LogP contribution < -0.4 is 4.72 Å². The van der Waals surface area contributed by atoms with E-state index in [2.05, 4.69) is 4.72 Å². The molecule has 0 heterocycles. The summed E-state index contributed by atoms with van der Waals surface area (Å²) in [5.74, 6) is -0.411. The number of sulfonamides is 1. The van der Waals surface area contributed by atoms with E-state index in [1.54, 1.807) is 0 Å². The van der Waals surface area contributed by atoms with Crippen molar-refractivity contribution in [2.45, 2.75) is 19.3 Å². The molecule has 4 nitrogen and oxygen atoms in total. The Labute approximate surface area is 137 Å². The number of hydrogen-bond acceptors (Lipinski definition) is 3. The molecule has 5 heteroatoms. The molecule has 0 unspecified atom stereocenters. The van der Waals surface area contributed by atoms with E-state index in [1.807, 2.05) is 60.7 Å². The minimum absolute atomic E-state index is 0.0431. The van der Waals surface area contributed by atoms with Gasteiger partial charge in [0.1, 0.15) is 0 Å². The van der Waals surface area contributed by atoms with Gasteiger partial charge in [0.15, 0.2) is 0 Å². The number of carbonyl (C=O) groups excluding carboxylic acids is 1. The minimum atomic E-state index is -3.51. The van der Waals surface area contributed by atoms with E-state index < -0.39 is 15.9 Å². The summed E-state index contributed by atoms with van der Waals surface area (Å²) < 4.78 is 24.5. The van der Waals surface area contributed by atoms with Crippen LogP contribution in [0.25, 0.3) is 0 Å². The molecule has 0 radical (unpaired) electrons. The van der Waals surface area contributed by atoms with Gasteiger partial charge in [0, 0.05) is 6.42 Å². The van der Waals surface area contributed by atoms with Gasteiger partial charge in [0.2, 0.25) is 15.9 Å². The Morgan fingerprint density at radius 1 is 0.913 bits per heavy atom. The normalized spacial score (nSPS) is 11.4. The van der Waals surface area contributed by atoms with Crippen LogP contribution in [-0.4, -0.2) is 20.6 Å². The van der Waals surface area contributed by atoms with Gasteiger partial charge in [-0.1, -0.05) is 60.7 Å². The van der Waals surface area contributed by atoms with Crippen LogP contribution in [0.3, 0.4) is 0 Å². The van der Waals surface area contributed by atoms with E-state index in [0.717, 1.165) is 30.2 Å². The Kier molecular flexibility index (Phi) is 5.93. The summed E-state index contributed by atoms with van der Waals surface area (Å²) in [5, 5.41) is 0. The maximum absolute atomic E-state index is 12.0. The monoisotopic (exact) mass is 331 g/mol. The quantitative estimate of drug-likeness (QED) is 0.848. The molecule has 2 rings (SSSR count). The van der Waals surface area contributed by atoms with Gasteiger partial charge in [-0.25, -0.2) is 8.42 Å². The molecule has 0 aliphatic rings. The summed E-state index contributed by atoms with van der Waals surface area (Å²) in [6.07, 6.45) is 2.63. The van der Waals surface area contributed by atoms with Gasteiger partial charge >= 0.3 is 0 Å². The van der Waals surface area contributed by atoms with Crippen LogP contribution in [-0.2, 0) is 27.7 Å². The van der Waals surface area contributed by atoms with Crippen LogP contribution in [0.4, 0.5) is 0 Å². The van der Waals surface area contributed by atoms with Crippen molar-refractivity contribution in [3.63, 3.8) is 0 Å². The molecular formula is C18H21NO3S. The first kappa shape index (κ1) is 17.2. The Morgan fingerprint density at radius 3 is 1.74 bits per heavy atom. The molecule has 0 aliphatic carbocycles. The van der Waals surface area contributed by atoms with Crippen molar-refractivity contribution in [1.82, 2.24) is 4.72 Å². The molecular weight excluding hydrogens is 310 g/mol. The number of nitrogens with one attached hydrogen (secondary N) is 1. The molecule has 0 fully saturated rings. The van der Waals surface area contributed by atoms with Crippen molar-refractivity contribution in [2.24, 2.45) is 5.92 Å². The van der Waals surface area contributed by atoms with Crippen LogP contribution in [0.1, 0.15) is 17.5 Å². The highest BCUT2D eigenvalue weighted by molar-refractivity contribution is 7.89. The lowest BCUT2D eigenvalue weighted by molar-refractivity contribution is -0.120. The van der Waals surface area contributed by atoms with Crippen LogP contribution in [0.2, 0.25) is 0 Å². The lowest BCUT2D eigenvalue weighted by Crippen LogP contribution is -2.31. The van der Waals surface area contributed by atoms with Crippen LogP contribution in [0, 0.1) is 5.92 Å². The van der Waals surface area contributed by atoms with Crippen LogP contribution in [0.5, 0.6) is 0 Å². The number of hydrogen-bond donors (Lipinski definition) is 1. The fourth-order valence-corrected chi connectivity index (χ4v) is 3.12. The molecule has 2 aromatic rings. The zero-order valence-electron chi connectivity index (χ0n) is 13.1. The number of amides is 1. The number of benzene rings is 2. The smallest absolute Gasteiger partial charge is 0.233 e. The standard InChI is InChI=1S/C18H21NO3S/c1-23(21,22)19-18(20)14-17(12-15-8-4-2-5-9-15)13-16-10-6-3-7-11-16/h2-11,17H,12-14H2,1H3,(H,19,20). The van der Waals surface area contributed by atoms with E-state index in [4.69, 9.17) is 0 Å². The van der Waals surface area contributed by atoms with Crippen molar-refractivity contribution in [3.05, 3.63) is 71.8 Å². The number of carbonyl (C=O) groups is 1. The largest absolute Gasteiger partial charge is 0.274 e. The summed E-state index contributed by atoms with van der Waals surface area (Å²) in [6.45, 7) is 0. The molecule has 1 amide bonds. The van der Waals surface area contributed by atoms with E-state index in [0.29, 0.717) is 0 Å². The minimum Gasteiger partial charge on any atom is -0.274 e. The van der Waals surface area contributed by atoms with Gasteiger partial charge in [-0.15, -0.1) is 0 Å². The second kappa shape index (κ2) is 7.92. The molecule has 0 saturated heterocycles. The molecule has 0 bridgehead atoms. The first-order valence-corrected chi connectivity index (χ1v) is 9.40. The van der Waals surface area contributed by atoms with E-state index in [9.17, 15) is 13.2 Å². The van der Waals surface area contributed by atoms with Crippen molar-refractivity contribution in [2.75, 3.05) is 6.26 Å². The highest BCUT2D eigenvalue weighted by atomic mass is 32.2. The molecule has 23 heavy (non-hydrogen) atoms. The predicted octanol–water partition coefficient (Wildman–Crippen LogP) is 2.55. The maximum Gasteiger partial charge on any atom is 0.233 e. The zero-order valence-corrected chi connectivity index (χ0v) is 13.9. The molecule has 122 valence electrons. The average molecular weight is 331 g/mol. The second-order valence-electron chi connectivity index (χ2n) is 5.75. The van der Waals surface area contributed by atoms with Crippen molar-refractivity contribution in [3.8, 4) is 0 Å². The second-order valence-corrected chi connectivity index (χ2v) is 7.50. The third-order valence-corrected chi connectivity index (χ3v) is 4.11. The van der Waals surface area contributed by atoms with Gasteiger partial charge in [-0.3, -0.25) is 9.52 Å². The van der Waals surface area contributed by atoms with Crippen LogP contribution >= 0.6 is 0 Å². The van der Waals surface area contributed by atoms with Crippen LogP contribution in [0.15, 0.2) is 60.7 Å². The Morgan fingerprint density at radius 2 is 1.35 bits per heavy atom. The molecule has 0 atom stereocenters. The fraction of sp³-hybridized carbons (Fsp3) is 0.278. The van der Waals surface area contributed by atoms with Gasteiger partial charge in [-0.2, -0.15) is 0 Å².